The molecule has 1 fully saturated rings. The highest BCUT2D eigenvalue weighted by molar-refractivity contribution is 7.98. The molecule has 8 N–H and O–H groups in total. The molecule has 1 heterocycles. The highest BCUT2D eigenvalue weighted by atomic mass is 32.2. The summed E-state index contributed by atoms with van der Waals surface area (Å²) in [6.07, 6.45) is 2.00. The van der Waals surface area contributed by atoms with Crippen molar-refractivity contribution in [3.05, 3.63) is 0 Å². The number of hydrogen-bond donors (Lipinski definition) is 6. The minimum Gasteiger partial charge on any atom is -0.481 e. The summed E-state index contributed by atoms with van der Waals surface area (Å²) in [5, 5.41) is 23.0. The topological polar surface area (TPSA) is 222 Å². The molecule has 0 aromatic carbocycles. The molecule has 0 bridgehead atoms. The lowest BCUT2D eigenvalue weighted by Crippen LogP contribution is -2.56. The van der Waals surface area contributed by atoms with Crippen LogP contribution < -0.4 is 22.1 Å². The molecule has 192 valence electrons. The number of hydrogen-bond acceptors (Lipinski definition) is 8. The van der Waals surface area contributed by atoms with E-state index in [1.807, 2.05) is 0 Å². The first-order chi connectivity index (χ1) is 16.0. The van der Waals surface area contributed by atoms with E-state index < -0.39 is 59.7 Å². The van der Waals surface area contributed by atoms with Crippen LogP contribution in [-0.2, 0) is 28.8 Å². The van der Waals surface area contributed by atoms with E-state index in [9.17, 15) is 33.9 Å². The zero-order valence-corrected chi connectivity index (χ0v) is 19.8. The summed E-state index contributed by atoms with van der Waals surface area (Å²) in [6.45, 7) is 0.242. The van der Waals surface area contributed by atoms with Crippen molar-refractivity contribution >= 4 is 47.3 Å². The van der Waals surface area contributed by atoms with Crippen molar-refractivity contribution in [2.24, 2.45) is 11.5 Å². The average Bonchev–Trinajstić information content (AvgIpc) is 3.26. The quantitative estimate of drug-likeness (QED) is 0.148. The Balaban J connectivity index is 2.90. The maximum atomic E-state index is 12.9. The van der Waals surface area contributed by atoms with E-state index in [2.05, 4.69) is 10.6 Å². The third-order valence-corrected chi connectivity index (χ3v) is 6.01. The summed E-state index contributed by atoms with van der Waals surface area (Å²) < 4.78 is 0. The SMILES string of the molecule is CSCCC(NC(=O)C(CCC(N)=O)NC(=O)C1CCCN1C(=O)C(N)CCC(=O)O)C(=O)O. The fourth-order valence-corrected chi connectivity index (χ4v) is 3.98. The van der Waals surface area contributed by atoms with Gasteiger partial charge in [0.1, 0.15) is 18.1 Å². The van der Waals surface area contributed by atoms with Gasteiger partial charge in [0.05, 0.1) is 6.04 Å². The zero-order valence-electron chi connectivity index (χ0n) is 19.0. The van der Waals surface area contributed by atoms with E-state index in [1.54, 1.807) is 6.26 Å². The molecule has 34 heavy (non-hydrogen) atoms. The molecule has 4 amide bonds. The van der Waals surface area contributed by atoms with Gasteiger partial charge in [-0.1, -0.05) is 0 Å². The first-order valence-corrected chi connectivity index (χ1v) is 12.3. The smallest absolute Gasteiger partial charge is 0.326 e. The van der Waals surface area contributed by atoms with Crippen molar-refractivity contribution in [3.8, 4) is 0 Å². The molecule has 0 spiro atoms. The number of carbonyl (C=O) groups excluding carboxylic acids is 4. The molecule has 0 aromatic heterocycles. The van der Waals surface area contributed by atoms with Crippen LogP contribution in [0.25, 0.3) is 0 Å². The Bertz CT molecular complexity index is 780. The van der Waals surface area contributed by atoms with Gasteiger partial charge in [-0.3, -0.25) is 24.0 Å². The van der Waals surface area contributed by atoms with Gasteiger partial charge < -0.3 is 37.2 Å². The third-order valence-electron chi connectivity index (χ3n) is 5.36. The molecule has 1 aliphatic heterocycles. The van der Waals surface area contributed by atoms with Gasteiger partial charge in [0.15, 0.2) is 0 Å². The minimum atomic E-state index is -1.24. The second-order valence-electron chi connectivity index (χ2n) is 7.98. The van der Waals surface area contributed by atoms with Crippen LogP contribution in [-0.4, -0.2) is 93.4 Å². The van der Waals surface area contributed by atoms with Crippen molar-refractivity contribution in [2.75, 3.05) is 18.6 Å². The number of nitrogens with two attached hydrogens (primary N) is 2. The van der Waals surface area contributed by atoms with Crippen LogP contribution in [0, 0.1) is 0 Å². The Kier molecular flexibility index (Phi) is 12.4. The first-order valence-electron chi connectivity index (χ1n) is 10.9. The summed E-state index contributed by atoms with van der Waals surface area (Å²) in [6, 6.07) is -4.44. The molecule has 1 rings (SSSR count). The number of nitrogens with one attached hydrogen (secondary N) is 2. The predicted octanol–water partition coefficient (Wildman–Crippen LogP) is -1.76. The number of carboxylic acid groups (broad SMARTS) is 2. The Hall–Kier alpha value is -2.87. The van der Waals surface area contributed by atoms with Gasteiger partial charge in [-0.05, 0) is 44.1 Å². The number of primary amides is 1. The van der Waals surface area contributed by atoms with Crippen LogP contribution >= 0.6 is 11.8 Å². The van der Waals surface area contributed by atoms with Gasteiger partial charge in [0.2, 0.25) is 23.6 Å². The second-order valence-corrected chi connectivity index (χ2v) is 8.96. The lowest BCUT2D eigenvalue weighted by molar-refractivity contribution is -0.143. The number of likely N-dealkylation sites (tertiary alicyclic amines) is 1. The minimum absolute atomic E-state index is 0.0880. The Morgan fingerprint density at radius 1 is 1.03 bits per heavy atom. The van der Waals surface area contributed by atoms with Crippen LogP contribution in [0.3, 0.4) is 0 Å². The van der Waals surface area contributed by atoms with Crippen LogP contribution in [0.4, 0.5) is 0 Å². The van der Waals surface area contributed by atoms with E-state index in [4.69, 9.17) is 16.6 Å². The number of nitrogens with zero attached hydrogens (tertiary/aromatic N) is 1. The first kappa shape index (κ1) is 29.2. The molecule has 0 saturated carbocycles. The van der Waals surface area contributed by atoms with Crippen molar-refractivity contribution in [2.45, 2.75) is 69.1 Å². The molecule has 1 aliphatic rings. The third kappa shape index (κ3) is 9.55. The van der Waals surface area contributed by atoms with Gasteiger partial charge in [0.25, 0.3) is 0 Å². The van der Waals surface area contributed by atoms with E-state index >= 15 is 0 Å². The lowest BCUT2D eigenvalue weighted by atomic mass is 10.1. The normalized spacial score (nSPS) is 17.9. The molecular formula is C20H33N5O8S. The zero-order chi connectivity index (χ0) is 25.8. The number of amides is 4. The highest BCUT2D eigenvalue weighted by Crippen LogP contribution is 2.19. The summed E-state index contributed by atoms with van der Waals surface area (Å²) in [5.74, 6) is -4.55. The van der Waals surface area contributed by atoms with Crippen LogP contribution in [0.5, 0.6) is 0 Å². The number of carbonyl (C=O) groups is 6. The molecule has 14 heteroatoms. The predicted molar refractivity (Wildman–Crippen MR) is 123 cm³/mol. The fraction of sp³-hybridized carbons (Fsp3) is 0.700. The maximum Gasteiger partial charge on any atom is 0.326 e. The number of thioether (sulfide) groups is 1. The summed E-state index contributed by atoms with van der Waals surface area (Å²) in [4.78, 5) is 73.0. The largest absolute Gasteiger partial charge is 0.481 e. The molecule has 13 nitrogen and oxygen atoms in total. The van der Waals surface area contributed by atoms with Crippen LogP contribution in [0.1, 0.15) is 44.9 Å². The number of rotatable bonds is 15. The molecule has 1 saturated heterocycles. The maximum absolute atomic E-state index is 12.9. The van der Waals surface area contributed by atoms with Gasteiger partial charge in [-0.2, -0.15) is 11.8 Å². The Morgan fingerprint density at radius 3 is 2.26 bits per heavy atom. The Morgan fingerprint density at radius 2 is 1.71 bits per heavy atom. The molecule has 0 aliphatic carbocycles. The van der Waals surface area contributed by atoms with Crippen molar-refractivity contribution in [1.82, 2.24) is 15.5 Å². The summed E-state index contributed by atoms with van der Waals surface area (Å²) >= 11 is 1.41. The van der Waals surface area contributed by atoms with Gasteiger partial charge in [-0.25, -0.2) is 4.79 Å². The van der Waals surface area contributed by atoms with Crippen molar-refractivity contribution in [1.29, 1.82) is 0 Å². The number of carboxylic acids is 2. The molecule has 4 atom stereocenters. The lowest BCUT2D eigenvalue weighted by Gasteiger charge is -2.28. The Labute approximate surface area is 201 Å². The van der Waals surface area contributed by atoms with Crippen LogP contribution in [0.2, 0.25) is 0 Å². The summed E-state index contributed by atoms with van der Waals surface area (Å²) in [5.41, 5.74) is 11.0. The van der Waals surface area contributed by atoms with E-state index in [1.165, 1.54) is 16.7 Å². The highest BCUT2D eigenvalue weighted by Gasteiger charge is 2.38. The van der Waals surface area contributed by atoms with Crippen molar-refractivity contribution < 1.29 is 39.0 Å². The monoisotopic (exact) mass is 503 g/mol. The summed E-state index contributed by atoms with van der Waals surface area (Å²) in [7, 11) is 0. The standard InChI is InChI=1S/C20H33N5O8S/c1-34-10-8-13(20(32)33)24-17(29)12(5-6-15(22)26)23-18(30)14-3-2-9-25(14)19(31)11(21)4-7-16(27)28/h11-14H,2-10,21H2,1H3,(H2,22,26)(H,23,30)(H,24,29)(H,27,28)(H,32,33). The van der Waals surface area contributed by atoms with E-state index in [0.717, 1.165) is 0 Å². The van der Waals surface area contributed by atoms with Gasteiger partial charge in [-0.15, -0.1) is 0 Å². The molecule has 0 aromatic rings. The molecular weight excluding hydrogens is 470 g/mol. The van der Waals surface area contributed by atoms with Gasteiger partial charge in [0, 0.05) is 19.4 Å². The fourth-order valence-electron chi connectivity index (χ4n) is 3.51. The number of aliphatic carboxylic acids is 2. The molecule has 4 unspecified atom stereocenters. The molecule has 0 radical (unpaired) electrons. The van der Waals surface area contributed by atoms with Crippen molar-refractivity contribution in [3.63, 3.8) is 0 Å². The van der Waals surface area contributed by atoms with E-state index in [-0.39, 0.29) is 38.6 Å². The van der Waals surface area contributed by atoms with Gasteiger partial charge >= 0.3 is 11.9 Å². The second kappa shape index (κ2) is 14.4. The van der Waals surface area contributed by atoms with E-state index in [0.29, 0.717) is 18.6 Å². The average molecular weight is 504 g/mol. The van der Waals surface area contributed by atoms with Crippen LogP contribution in [0.15, 0.2) is 0 Å².